The van der Waals surface area contributed by atoms with Crippen molar-refractivity contribution in [3.63, 3.8) is 0 Å². The van der Waals surface area contributed by atoms with Crippen molar-refractivity contribution in [2.45, 2.75) is 6.92 Å². The van der Waals surface area contributed by atoms with Gasteiger partial charge < -0.3 is 5.11 Å². The Labute approximate surface area is 92.0 Å². The minimum absolute atomic E-state index is 0.111. The zero-order chi connectivity index (χ0) is 11.7. The lowest BCUT2D eigenvalue weighted by Crippen LogP contribution is -1.86. The molecule has 0 saturated heterocycles. The van der Waals surface area contributed by atoms with Crippen molar-refractivity contribution in [1.82, 2.24) is 0 Å². The van der Waals surface area contributed by atoms with Gasteiger partial charge >= 0.3 is 0 Å². The van der Waals surface area contributed by atoms with Crippen molar-refractivity contribution in [1.29, 1.82) is 0 Å². The molecule has 0 spiro atoms. The Hall–Kier alpha value is -1.90. The maximum atomic E-state index is 13.0. The summed E-state index contributed by atoms with van der Waals surface area (Å²) >= 11 is 0. The molecule has 0 aliphatic heterocycles. The van der Waals surface area contributed by atoms with Gasteiger partial charge in [-0.05, 0) is 47.9 Å². The van der Waals surface area contributed by atoms with Crippen LogP contribution in [-0.4, -0.2) is 5.11 Å². The van der Waals surface area contributed by atoms with Crippen LogP contribution in [0.3, 0.4) is 0 Å². The van der Waals surface area contributed by atoms with E-state index in [1.165, 1.54) is 12.1 Å². The number of hydrogen-bond donors (Lipinski definition) is 1. The summed E-state index contributed by atoms with van der Waals surface area (Å²) in [5.41, 5.74) is 2.06. The summed E-state index contributed by atoms with van der Waals surface area (Å²) < 4.78 is 25.8. The topological polar surface area (TPSA) is 20.2 Å². The summed E-state index contributed by atoms with van der Waals surface area (Å²) in [5, 5.41) is 9.41. The summed E-state index contributed by atoms with van der Waals surface area (Å²) in [5.74, 6) is -1.65. The standard InChI is InChI=1S/C13H10F2O/c1-8-4-10(6-11(16)5-8)9-2-3-12(14)13(15)7-9/h2-7,16H,1H3. The Balaban J connectivity index is 2.54. The van der Waals surface area contributed by atoms with Crippen LogP contribution in [0.2, 0.25) is 0 Å². The molecular formula is C13H10F2O. The quantitative estimate of drug-likeness (QED) is 0.777. The van der Waals surface area contributed by atoms with E-state index in [4.69, 9.17) is 0 Å². The second-order valence-electron chi connectivity index (χ2n) is 3.69. The zero-order valence-corrected chi connectivity index (χ0v) is 8.67. The molecule has 0 aliphatic rings. The van der Waals surface area contributed by atoms with E-state index in [1.807, 2.05) is 6.92 Å². The average Bonchev–Trinajstić information content (AvgIpc) is 2.20. The lowest BCUT2D eigenvalue weighted by atomic mass is 10.0. The maximum Gasteiger partial charge on any atom is 0.159 e. The highest BCUT2D eigenvalue weighted by Gasteiger charge is 2.05. The highest BCUT2D eigenvalue weighted by Crippen LogP contribution is 2.26. The molecule has 0 atom stereocenters. The predicted molar refractivity (Wildman–Crippen MR) is 58.2 cm³/mol. The van der Waals surface area contributed by atoms with Crippen LogP contribution in [-0.2, 0) is 0 Å². The van der Waals surface area contributed by atoms with Crippen molar-refractivity contribution in [3.8, 4) is 16.9 Å². The molecule has 2 rings (SSSR count). The van der Waals surface area contributed by atoms with Gasteiger partial charge in [0.25, 0.3) is 0 Å². The number of halogens is 2. The fraction of sp³-hybridized carbons (Fsp3) is 0.0769. The Morgan fingerprint density at radius 2 is 1.62 bits per heavy atom. The molecule has 0 radical (unpaired) electrons. The molecule has 2 aromatic carbocycles. The largest absolute Gasteiger partial charge is 0.508 e. The first kappa shape index (κ1) is 10.6. The predicted octanol–water partition coefficient (Wildman–Crippen LogP) is 3.65. The van der Waals surface area contributed by atoms with Crippen LogP contribution in [0.25, 0.3) is 11.1 Å². The first-order valence-corrected chi connectivity index (χ1v) is 4.82. The summed E-state index contributed by atoms with van der Waals surface area (Å²) in [6, 6.07) is 8.58. The molecule has 0 aliphatic carbocycles. The maximum absolute atomic E-state index is 13.0. The second-order valence-corrected chi connectivity index (χ2v) is 3.69. The first-order valence-electron chi connectivity index (χ1n) is 4.82. The van der Waals surface area contributed by atoms with Gasteiger partial charge in [0.05, 0.1) is 0 Å². The molecular weight excluding hydrogens is 210 g/mol. The second kappa shape index (κ2) is 3.93. The van der Waals surface area contributed by atoms with Crippen LogP contribution in [0, 0.1) is 18.6 Å². The van der Waals surface area contributed by atoms with Crippen molar-refractivity contribution >= 4 is 0 Å². The van der Waals surface area contributed by atoms with Crippen molar-refractivity contribution in [2.75, 3.05) is 0 Å². The third-order valence-electron chi connectivity index (χ3n) is 2.32. The van der Waals surface area contributed by atoms with Gasteiger partial charge in [0, 0.05) is 0 Å². The Morgan fingerprint density at radius 3 is 2.25 bits per heavy atom. The number of phenolic OH excluding ortho intramolecular Hbond substituents is 1. The van der Waals surface area contributed by atoms with Crippen LogP contribution in [0.4, 0.5) is 8.78 Å². The van der Waals surface area contributed by atoms with Gasteiger partial charge in [-0.25, -0.2) is 8.78 Å². The number of aromatic hydroxyl groups is 1. The van der Waals surface area contributed by atoms with E-state index >= 15 is 0 Å². The van der Waals surface area contributed by atoms with Gasteiger partial charge in [0.2, 0.25) is 0 Å². The molecule has 0 saturated carbocycles. The third-order valence-corrected chi connectivity index (χ3v) is 2.32. The van der Waals surface area contributed by atoms with Gasteiger partial charge in [-0.15, -0.1) is 0 Å². The van der Waals surface area contributed by atoms with Crippen LogP contribution >= 0.6 is 0 Å². The number of hydrogen-bond acceptors (Lipinski definition) is 1. The van der Waals surface area contributed by atoms with Gasteiger partial charge in [-0.1, -0.05) is 12.1 Å². The lowest BCUT2D eigenvalue weighted by molar-refractivity contribution is 0.475. The molecule has 0 fully saturated rings. The molecule has 3 heteroatoms. The van der Waals surface area contributed by atoms with E-state index in [0.29, 0.717) is 11.1 Å². The normalized spacial score (nSPS) is 10.4. The lowest BCUT2D eigenvalue weighted by Gasteiger charge is -2.05. The van der Waals surface area contributed by atoms with Crippen molar-refractivity contribution < 1.29 is 13.9 Å². The van der Waals surface area contributed by atoms with Crippen LogP contribution in [0.5, 0.6) is 5.75 Å². The SMILES string of the molecule is Cc1cc(O)cc(-c2ccc(F)c(F)c2)c1. The van der Waals surface area contributed by atoms with E-state index in [-0.39, 0.29) is 5.75 Å². The van der Waals surface area contributed by atoms with E-state index in [0.717, 1.165) is 17.7 Å². The van der Waals surface area contributed by atoms with Crippen LogP contribution < -0.4 is 0 Å². The molecule has 0 bridgehead atoms. The van der Waals surface area contributed by atoms with Crippen molar-refractivity contribution in [3.05, 3.63) is 53.6 Å². The number of rotatable bonds is 1. The van der Waals surface area contributed by atoms with Gasteiger partial charge in [0.15, 0.2) is 11.6 Å². The minimum Gasteiger partial charge on any atom is -0.508 e. The third kappa shape index (κ3) is 2.03. The highest BCUT2D eigenvalue weighted by atomic mass is 19.2. The molecule has 2 aromatic rings. The molecule has 0 aromatic heterocycles. The molecule has 0 heterocycles. The molecule has 16 heavy (non-hydrogen) atoms. The monoisotopic (exact) mass is 220 g/mol. The average molecular weight is 220 g/mol. The fourth-order valence-electron chi connectivity index (χ4n) is 1.61. The molecule has 0 amide bonds. The Morgan fingerprint density at radius 1 is 0.875 bits per heavy atom. The highest BCUT2D eigenvalue weighted by molar-refractivity contribution is 5.66. The molecule has 82 valence electrons. The van der Waals surface area contributed by atoms with E-state index < -0.39 is 11.6 Å². The van der Waals surface area contributed by atoms with Crippen molar-refractivity contribution in [2.24, 2.45) is 0 Å². The number of aryl methyl sites for hydroxylation is 1. The molecule has 1 N–H and O–H groups in total. The Bertz CT molecular complexity index is 515. The summed E-state index contributed by atoms with van der Waals surface area (Å²) in [7, 11) is 0. The van der Waals surface area contributed by atoms with Gasteiger partial charge in [-0.3, -0.25) is 0 Å². The number of benzene rings is 2. The van der Waals surface area contributed by atoms with Gasteiger partial charge in [0.1, 0.15) is 5.75 Å². The van der Waals surface area contributed by atoms with E-state index in [2.05, 4.69) is 0 Å². The molecule has 1 nitrogen and oxygen atoms in total. The minimum atomic E-state index is -0.890. The summed E-state index contributed by atoms with van der Waals surface area (Å²) in [6.45, 7) is 1.82. The first-order chi connectivity index (χ1) is 7.56. The Kier molecular flexibility index (Phi) is 2.60. The summed E-state index contributed by atoms with van der Waals surface area (Å²) in [6.07, 6.45) is 0. The fourth-order valence-corrected chi connectivity index (χ4v) is 1.61. The molecule has 0 unspecified atom stereocenters. The number of phenols is 1. The van der Waals surface area contributed by atoms with E-state index in [1.54, 1.807) is 12.1 Å². The van der Waals surface area contributed by atoms with Gasteiger partial charge in [-0.2, -0.15) is 0 Å². The summed E-state index contributed by atoms with van der Waals surface area (Å²) in [4.78, 5) is 0. The smallest absolute Gasteiger partial charge is 0.159 e. The van der Waals surface area contributed by atoms with Crippen LogP contribution in [0.1, 0.15) is 5.56 Å². The van der Waals surface area contributed by atoms with E-state index in [9.17, 15) is 13.9 Å². The van der Waals surface area contributed by atoms with Crippen LogP contribution in [0.15, 0.2) is 36.4 Å². The zero-order valence-electron chi connectivity index (χ0n) is 8.67.